The molecule has 2 N–H and O–H groups in total. The van der Waals surface area contributed by atoms with E-state index in [-0.39, 0.29) is 0 Å². The van der Waals surface area contributed by atoms with Crippen LogP contribution >= 0.6 is 0 Å². The Kier molecular flexibility index (Phi) is 6.47. The van der Waals surface area contributed by atoms with Gasteiger partial charge >= 0.3 is 0 Å². The highest BCUT2D eigenvalue weighted by molar-refractivity contribution is 5.78. The first kappa shape index (κ1) is 15.3. The van der Waals surface area contributed by atoms with Crippen molar-refractivity contribution in [2.75, 3.05) is 32.7 Å². The van der Waals surface area contributed by atoms with Gasteiger partial charge in [-0.15, -0.1) is 0 Å². The van der Waals surface area contributed by atoms with Crippen molar-refractivity contribution in [3.05, 3.63) is 0 Å². The van der Waals surface area contributed by atoms with Crippen LogP contribution in [-0.2, 0) is 0 Å². The Balaban J connectivity index is 2.45. The van der Waals surface area contributed by atoms with E-state index in [0.29, 0.717) is 6.04 Å². The maximum absolute atomic E-state index is 6.10. The molecule has 0 saturated carbocycles. The number of rotatable bonds is 5. The van der Waals surface area contributed by atoms with Crippen molar-refractivity contribution in [3.8, 4) is 0 Å². The first-order valence-electron chi connectivity index (χ1n) is 7.37. The molecule has 2 atom stereocenters. The summed E-state index contributed by atoms with van der Waals surface area (Å²) in [5, 5.41) is 0. The molecular formula is C14H30N4. The molecule has 106 valence electrons. The molecule has 1 saturated heterocycles. The van der Waals surface area contributed by atoms with Crippen molar-refractivity contribution in [2.24, 2.45) is 16.6 Å². The average Bonchev–Trinajstić information content (AvgIpc) is 2.37. The van der Waals surface area contributed by atoms with Crippen LogP contribution < -0.4 is 5.73 Å². The minimum Gasteiger partial charge on any atom is -0.370 e. The molecule has 1 fully saturated rings. The number of likely N-dealkylation sites (N-methyl/N-ethyl adjacent to an activating group) is 1. The highest BCUT2D eigenvalue weighted by Gasteiger charge is 2.18. The largest absolute Gasteiger partial charge is 0.370 e. The third-order valence-electron chi connectivity index (χ3n) is 3.93. The van der Waals surface area contributed by atoms with Gasteiger partial charge in [0.2, 0.25) is 0 Å². The minimum atomic E-state index is 0.473. The summed E-state index contributed by atoms with van der Waals surface area (Å²) < 4.78 is 0. The Hall–Kier alpha value is -0.770. The van der Waals surface area contributed by atoms with Crippen LogP contribution in [0.2, 0.25) is 0 Å². The van der Waals surface area contributed by atoms with Crippen molar-refractivity contribution in [1.29, 1.82) is 0 Å². The molecule has 0 aliphatic carbocycles. The van der Waals surface area contributed by atoms with Gasteiger partial charge in [0.25, 0.3) is 0 Å². The lowest BCUT2D eigenvalue weighted by atomic mass is 10.0. The van der Waals surface area contributed by atoms with Crippen LogP contribution in [0.3, 0.4) is 0 Å². The van der Waals surface area contributed by atoms with Crippen LogP contribution in [0.1, 0.15) is 40.5 Å². The van der Waals surface area contributed by atoms with Gasteiger partial charge in [0, 0.05) is 19.1 Å². The standard InChI is InChI=1S/C14H30N4/c1-5-17(6-2)13(4)10-16-14(15)18-9-7-8-12(3)11-18/h12-13H,5-11H2,1-4H3,(H2,15,16). The number of likely N-dealkylation sites (tertiary alicyclic amines) is 1. The van der Waals surface area contributed by atoms with E-state index in [4.69, 9.17) is 5.73 Å². The number of guanidine groups is 1. The predicted molar refractivity (Wildman–Crippen MR) is 78.8 cm³/mol. The van der Waals surface area contributed by atoms with Crippen LogP contribution in [-0.4, -0.2) is 54.5 Å². The molecule has 0 aromatic heterocycles. The lowest BCUT2D eigenvalue weighted by molar-refractivity contribution is 0.234. The number of nitrogens with two attached hydrogens (primary N) is 1. The summed E-state index contributed by atoms with van der Waals surface area (Å²) in [6.07, 6.45) is 2.56. The molecule has 0 aromatic carbocycles. The second-order valence-corrected chi connectivity index (χ2v) is 5.46. The monoisotopic (exact) mass is 254 g/mol. The molecular weight excluding hydrogens is 224 g/mol. The number of hydrogen-bond acceptors (Lipinski definition) is 2. The van der Waals surface area contributed by atoms with E-state index in [2.05, 4.69) is 42.5 Å². The first-order valence-corrected chi connectivity index (χ1v) is 7.37. The van der Waals surface area contributed by atoms with Gasteiger partial charge in [-0.3, -0.25) is 9.89 Å². The normalized spacial score (nSPS) is 23.5. The quantitative estimate of drug-likeness (QED) is 0.601. The molecule has 1 heterocycles. The van der Waals surface area contributed by atoms with E-state index in [1.165, 1.54) is 12.8 Å². The summed E-state index contributed by atoms with van der Waals surface area (Å²) in [4.78, 5) is 9.23. The first-order chi connectivity index (χ1) is 8.58. The van der Waals surface area contributed by atoms with E-state index in [1.807, 2.05) is 0 Å². The zero-order valence-electron chi connectivity index (χ0n) is 12.5. The van der Waals surface area contributed by atoms with E-state index in [9.17, 15) is 0 Å². The Bertz CT molecular complexity index is 261. The molecule has 1 aliphatic heterocycles. The smallest absolute Gasteiger partial charge is 0.191 e. The van der Waals surface area contributed by atoms with Gasteiger partial charge in [-0.1, -0.05) is 20.8 Å². The maximum atomic E-state index is 6.10. The Morgan fingerprint density at radius 2 is 2.11 bits per heavy atom. The van der Waals surface area contributed by atoms with Crippen LogP contribution in [0.4, 0.5) is 0 Å². The predicted octanol–water partition coefficient (Wildman–Crippen LogP) is 1.76. The highest BCUT2D eigenvalue weighted by atomic mass is 15.3. The lowest BCUT2D eigenvalue weighted by Crippen LogP contribution is -2.44. The summed E-state index contributed by atoms with van der Waals surface area (Å²) in [6.45, 7) is 14.0. The molecule has 0 bridgehead atoms. The van der Waals surface area contributed by atoms with Gasteiger partial charge in [-0.2, -0.15) is 0 Å². The van der Waals surface area contributed by atoms with Crippen molar-refractivity contribution in [1.82, 2.24) is 9.80 Å². The third kappa shape index (κ3) is 4.48. The second kappa shape index (κ2) is 7.62. The molecule has 0 amide bonds. The molecule has 18 heavy (non-hydrogen) atoms. The van der Waals surface area contributed by atoms with Gasteiger partial charge in [0.1, 0.15) is 0 Å². The van der Waals surface area contributed by atoms with Crippen LogP contribution in [0.5, 0.6) is 0 Å². The van der Waals surface area contributed by atoms with Crippen molar-refractivity contribution < 1.29 is 0 Å². The van der Waals surface area contributed by atoms with Gasteiger partial charge < -0.3 is 10.6 Å². The molecule has 2 unspecified atom stereocenters. The third-order valence-corrected chi connectivity index (χ3v) is 3.93. The van der Waals surface area contributed by atoms with E-state index in [0.717, 1.165) is 44.6 Å². The van der Waals surface area contributed by atoms with Crippen LogP contribution in [0.25, 0.3) is 0 Å². The van der Waals surface area contributed by atoms with Gasteiger partial charge in [0.15, 0.2) is 5.96 Å². The van der Waals surface area contributed by atoms with Crippen LogP contribution in [0, 0.1) is 5.92 Å². The second-order valence-electron chi connectivity index (χ2n) is 5.46. The summed E-state index contributed by atoms with van der Waals surface area (Å²) in [5.74, 6) is 1.48. The summed E-state index contributed by atoms with van der Waals surface area (Å²) in [5.41, 5.74) is 6.10. The zero-order valence-corrected chi connectivity index (χ0v) is 12.5. The fraction of sp³-hybridized carbons (Fsp3) is 0.929. The minimum absolute atomic E-state index is 0.473. The Morgan fingerprint density at radius 1 is 1.44 bits per heavy atom. The molecule has 4 nitrogen and oxygen atoms in total. The summed E-state index contributed by atoms with van der Waals surface area (Å²) >= 11 is 0. The average molecular weight is 254 g/mol. The van der Waals surface area contributed by atoms with Crippen LogP contribution in [0.15, 0.2) is 4.99 Å². The van der Waals surface area contributed by atoms with E-state index < -0.39 is 0 Å². The molecule has 4 heteroatoms. The lowest BCUT2D eigenvalue weighted by Gasteiger charge is -2.32. The number of piperidine rings is 1. The molecule has 0 aromatic rings. The van der Waals surface area contributed by atoms with Crippen molar-refractivity contribution in [3.63, 3.8) is 0 Å². The molecule has 1 rings (SSSR count). The maximum Gasteiger partial charge on any atom is 0.191 e. The summed E-state index contributed by atoms with van der Waals surface area (Å²) in [6, 6.07) is 0.473. The Labute approximate surface area is 112 Å². The zero-order chi connectivity index (χ0) is 13.5. The summed E-state index contributed by atoms with van der Waals surface area (Å²) in [7, 11) is 0. The number of nitrogens with zero attached hydrogens (tertiary/aromatic N) is 3. The van der Waals surface area contributed by atoms with E-state index in [1.54, 1.807) is 0 Å². The highest BCUT2D eigenvalue weighted by Crippen LogP contribution is 2.14. The van der Waals surface area contributed by atoms with Gasteiger partial charge in [-0.25, -0.2) is 0 Å². The fourth-order valence-electron chi connectivity index (χ4n) is 2.69. The number of aliphatic imine (C=N–C) groups is 1. The SMILES string of the molecule is CCN(CC)C(C)CN=C(N)N1CCCC(C)C1. The topological polar surface area (TPSA) is 44.9 Å². The van der Waals surface area contributed by atoms with Gasteiger partial charge in [0.05, 0.1) is 6.54 Å². The van der Waals surface area contributed by atoms with Gasteiger partial charge in [-0.05, 0) is 38.8 Å². The van der Waals surface area contributed by atoms with Crippen molar-refractivity contribution >= 4 is 5.96 Å². The van der Waals surface area contributed by atoms with E-state index >= 15 is 0 Å². The Morgan fingerprint density at radius 3 is 2.67 bits per heavy atom. The molecule has 0 spiro atoms. The molecule has 1 aliphatic rings. The number of hydrogen-bond donors (Lipinski definition) is 1. The molecule has 0 radical (unpaired) electrons. The fourth-order valence-corrected chi connectivity index (χ4v) is 2.69. The van der Waals surface area contributed by atoms with Crippen molar-refractivity contribution in [2.45, 2.75) is 46.6 Å².